The molecule has 3 rings (SSSR count). The van der Waals surface area contributed by atoms with Crippen LogP contribution >= 0.6 is 0 Å². The minimum absolute atomic E-state index is 0.309. The molecule has 1 aromatic carbocycles. The number of nitrogens with zero attached hydrogens (tertiary/aromatic N) is 3. The van der Waals surface area contributed by atoms with Gasteiger partial charge in [-0.25, -0.2) is 4.79 Å². The molecule has 26 heavy (non-hydrogen) atoms. The number of hydrogen-bond donors (Lipinski definition) is 0. The molecule has 1 aliphatic heterocycles. The molecule has 0 amide bonds. The maximum atomic E-state index is 11.8. The monoisotopic (exact) mass is 351 g/mol. The van der Waals surface area contributed by atoms with Gasteiger partial charge in [0.2, 0.25) is 0 Å². The van der Waals surface area contributed by atoms with Crippen molar-refractivity contribution in [2.45, 2.75) is 6.54 Å². The van der Waals surface area contributed by atoms with Crippen molar-refractivity contribution in [3.8, 4) is 0 Å². The largest absolute Gasteiger partial charge is 0.461 e. The fraction of sp³-hybridized carbons (Fsp3) is 0.333. The van der Waals surface area contributed by atoms with Crippen molar-refractivity contribution in [3.63, 3.8) is 0 Å². The molecule has 0 radical (unpaired) electrons. The van der Waals surface area contributed by atoms with E-state index in [4.69, 9.17) is 4.74 Å². The van der Waals surface area contributed by atoms with Gasteiger partial charge in [0.05, 0.1) is 0 Å². The Morgan fingerprint density at radius 3 is 2.54 bits per heavy atom. The van der Waals surface area contributed by atoms with Crippen LogP contribution in [-0.4, -0.2) is 60.1 Å². The van der Waals surface area contributed by atoms with Crippen LogP contribution in [0.15, 0.2) is 60.9 Å². The molecular weight excluding hydrogens is 326 g/mol. The molecule has 1 aliphatic rings. The molecule has 0 saturated carbocycles. The van der Waals surface area contributed by atoms with Crippen LogP contribution in [-0.2, 0) is 16.1 Å². The summed E-state index contributed by atoms with van der Waals surface area (Å²) < 4.78 is 5.29. The van der Waals surface area contributed by atoms with E-state index in [-0.39, 0.29) is 5.97 Å². The first-order valence-corrected chi connectivity index (χ1v) is 9.03. The van der Waals surface area contributed by atoms with Gasteiger partial charge in [-0.05, 0) is 23.3 Å². The van der Waals surface area contributed by atoms with E-state index in [9.17, 15) is 4.79 Å². The normalized spacial score (nSPS) is 16.0. The molecule has 2 aromatic rings. The Balaban J connectivity index is 1.31. The van der Waals surface area contributed by atoms with E-state index in [1.165, 1.54) is 11.6 Å². The SMILES string of the molecule is O=C(C=Cc1cccnc1)OCCN1CCN(Cc2ccccc2)CC1. The molecule has 1 saturated heterocycles. The summed E-state index contributed by atoms with van der Waals surface area (Å²) in [7, 11) is 0. The average Bonchev–Trinajstić information content (AvgIpc) is 2.69. The zero-order chi connectivity index (χ0) is 18.0. The van der Waals surface area contributed by atoms with Gasteiger partial charge in [0.15, 0.2) is 0 Å². The quantitative estimate of drug-likeness (QED) is 0.566. The Kier molecular flexibility index (Phi) is 6.93. The minimum Gasteiger partial charge on any atom is -0.461 e. The molecule has 0 bridgehead atoms. The molecule has 5 nitrogen and oxygen atoms in total. The van der Waals surface area contributed by atoms with Gasteiger partial charge in [0, 0.05) is 57.7 Å². The Bertz CT molecular complexity index is 696. The fourth-order valence-corrected chi connectivity index (χ4v) is 2.97. The van der Waals surface area contributed by atoms with E-state index in [0.717, 1.165) is 44.8 Å². The highest BCUT2D eigenvalue weighted by Crippen LogP contribution is 2.08. The lowest BCUT2D eigenvalue weighted by molar-refractivity contribution is -0.138. The molecule has 2 heterocycles. The summed E-state index contributed by atoms with van der Waals surface area (Å²) in [4.78, 5) is 20.6. The second kappa shape index (κ2) is 9.85. The second-order valence-corrected chi connectivity index (χ2v) is 6.39. The number of aromatic nitrogens is 1. The van der Waals surface area contributed by atoms with Crippen molar-refractivity contribution < 1.29 is 9.53 Å². The van der Waals surface area contributed by atoms with Gasteiger partial charge in [-0.1, -0.05) is 36.4 Å². The predicted octanol–water partition coefficient (Wildman–Crippen LogP) is 2.46. The third kappa shape index (κ3) is 6.10. The van der Waals surface area contributed by atoms with Crippen molar-refractivity contribution in [2.24, 2.45) is 0 Å². The van der Waals surface area contributed by atoms with E-state index in [2.05, 4.69) is 45.1 Å². The molecule has 0 spiro atoms. The van der Waals surface area contributed by atoms with Crippen molar-refractivity contribution >= 4 is 12.0 Å². The number of carbonyl (C=O) groups is 1. The Morgan fingerprint density at radius 2 is 1.81 bits per heavy atom. The minimum atomic E-state index is -0.309. The lowest BCUT2D eigenvalue weighted by Crippen LogP contribution is -2.46. The van der Waals surface area contributed by atoms with Crippen LogP contribution in [0.25, 0.3) is 6.08 Å². The van der Waals surface area contributed by atoms with Crippen LogP contribution in [0.5, 0.6) is 0 Å². The molecule has 0 N–H and O–H groups in total. The summed E-state index contributed by atoms with van der Waals surface area (Å²) in [5, 5.41) is 0. The lowest BCUT2D eigenvalue weighted by Gasteiger charge is -2.34. The highest BCUT2D eigenvalue weighted by atomic mass is 16.5. The highest BCUT2D eigenvalue weighted by Gasteiger charge is 2.16. The smallest absolute Gasteiger partial charge is 0.330 e. The topological polar surface area (TPSA) is 45.7 Å². The third-order valence-electron chi connectivity index (χ3n) is 4.46. The van der Waals surface area contributed by atoms with E-state index < -0.39 is 0 Å². The van der Waals surface area contributed by atoms with Crippen LogP contribution in [0.3, 0.4) is 0 Å². The zero-order valence-corrected chi connectivity index (χ0v) is 15.0. The number of esters is 1. The molecule has 136 valence electrons. The fourth-order valence-electron chi connectivity index (χ4n) is 2.97. The van der Waals surface area contributed by atoms with Gasteiger partial charge in [-0.15, -0.1) is 0 Å². The van der Waals surface area contributed by atoms with Crippen molar-refractivity contribution in [2.75, 3.05) is 39.3 Å². The maximum absolute atomic E-state index is 11.8. The Morgan fingerprint density at radius 1 is 1.04 bits per heavy atom. The molecular formula is C21H25N3O2. The van der Waals surface area contributed by atoms with Gasteiger partial charge in [0.25, 0.3) is 0 Å². The number of benzene rings is 1. The van der Waals surface area contributed by atoms with Crippen molar-refractivity contribution in [1.82, 2.24) is 14.8 Å². The first kappa shape index (κ1) is 18.3. The van der Waals surface area contributed by atoms with Crippen LogP contribution in [0.1, 0.15) is 11.1 Å². The van der Waals surface area contributed by atoms with E-state index in [0.29, 0.717) is 6.61 Å². The number of carbonyl (C=O) groups excluding carboxylic acids is 1. The first-order chi connectivity index (χ1) is 12.8. The molecule has 1 fully saturated rings. The number of pyridine rings is 1. The molecule has 0 atom stereocenters. The third-order valence-corrected chi connectivity index (χ3v) is 4.46. The van der Waals surface area contributed by atoms with Gasteiger partial charge in [-0.2, -0.15) is 0 Å². The Hall–Kier alpha value is -2.50. The standard InChI is InChI=1S/C21H25N3O2/c25-21(9-8-19-7-4-10-22-17-19)26-16-15-23-11-13-24(14-12-23)18-20-5-2-1-3-6-20/h1-10,17H,11-16,18H2. The average molecular weight is 351 g/mol. The van der Waals surface area contributed by atoms with E-state index in [1.54, 1.807) is 18.5 Å². The number of hydrogen-bond acceptors (Lipinski definition) is 5. The van der Waals surface area contributed by atoms with Gasteiger partial charge in [-0.3, -0.25) is 14.8 Å². The van der Waals surface area contributed by atoms with Crippen LogP contribution in [0.2, 0.25) is 0 Å². The molecule has 5 heteroatoms. The summed E-state index contributed by atoms with van der Waals surface area (Å²) in [5.74, 6) is -0.309. The molecule has 0 unspecified atom stereocenters. The summed E-state index contributed by atoms with van der Waals surface area (Å²) in [5.41, 5.74) is 2.24. The van der Waals surface area contributed by atoms with E-state index in [1.807, 2.05) is 12.1 Å². The number of piperazine rings is 1. The zero-order valence-electron chi connectivity index (χ0n) is 15.0. The first-order valence-electron chi connectivity index (χ1n) is 9.03. The van der Waals surface area contributed by atoms with Gasteiger partial charge >= 0.3 is 5.97 Å². The number of ether oxygens (including phenoxy) is 1. The summed E-state index contributed by atoms with van der Waals surface area (Å²) >= 11 is 0. The van der Waals surface area contributed by atoms with Crippen molar-refractivity contribution in [3.05, 3.63) is 72.1 Å². The van der Waals surface area contributed by atoms with Crippen LogP contribution < -0.4 is 0 Å². The van der Waals surface area contributed by atoms with Gasteiger partial charge in [0.1, 0.15) is 6.61 Å². The van der Waals surface area contributed by atoms with Crippen molar-refractivity contribution in [1.29, 1.82) is 0 Å². The van der Waals surface area contributed by atoms with E-state index >= 15 is 0 Å². The Labute approximate surface area is 154 Å². The lowest BCUT2D eigenvalue weighted by atomic mass is 10.2. The maximum Gasteiger partial charge on any atom is 0.330 e. The highest BCUT2D eigenvalue weighted by molar-refractivity contribution is 5.86. The number of rotatable bonds is 7. The van der Waals surface area contributed by atoms with Gasteiger partial charge < -0.3 is 4.74 Å². The second-order valence-electron chi connectivity index (χ2n) is 6.39. The summed E-state index contributed by atoms with van der Waals surface area (Å²) in [6.07, 6.45) is 6.58. The molecule has 1 aromatic heterocycles. The predicted molar refractivity (Wildman–Crippen MR) is 102 cm³/mol. The van der Waals surface area contributed by atoms with Crippen LogP contribution in [0, 0.1) is 0 Å². The summed E-state index contributed by atoms with van der Waals surface area (Å²) in [6, 6.07) is 14.3. The molecule has 0 aliphatic carbocycles. The van der Waals surface area contributed by atoms with Crippen LogP contribution in [0.4, 0.5) is 0 Å². The summed E-state index contributed by atoms with van der Waals surface area (Å²) in [6.45, 7) is 6.32.